The van der Waals surface area contributed by atoms with E-state index in [-0.39, 0.29) is 24.0 Å². The van der Waals surface area contributed by atoms with Crippen LogP contribution in [0.5, 0.6) is 5.75 Å². The molecule has 1 aromatic heterocycles. The zero-order valence-electron chi connectivity index (χ0n) is 15.6. The minimum Gasteiger partial charge on any atom is -0.486 e. The standard InChI is InChI=1S/C19H16F4N4O2S/c1-27-16(10-29-15-4-2-3-12(9-15)19(21,22)23)25-26-18(27)30-11-17(28)24-14-7-5-13(20)6-8-14/h2-9H,10-11H2,1H3,(H,24,28). The molecule has 0 spiro atoms. The molecule has 3 rings (SSSR count). The fraction of sp³-hybridized carbons (Fsp3) is 0.211. The molecule has 30 heavy (non-hydrogen) atoms. The number of ether oxygens (including phenoxy) is 1. The number of alkyl halides is 3. The quantitative estimate of drug-likeness (QED) is 0.439. The van der Waals surface area contributed by atoms with Crippen LogP contribution in [0.3, 0.4) is 0 Å². The van der Waals surface area contributed by atoms with Crippen molar-refractivity contribution in [1.29, 1.82) is 0 Å². The van der Waals surface area contributed by atoms with Gasteiger partial charge in [0.25, 0.3) is 0 Å². The summed E-state index contributed by atoms with van der Waals surface area (Å²) in [5.41, 5.74) is -0.337. The Morgan fingerprint density at radius 1 is 1.17 bits per heavy atom. The van der Waals surface area contributed by atoms with E-state index in [9.17, 15) is 22.4 Å². The largest absolute Gasteiger partial charge is 0.486 e. The summed E-state index contributed by atoms with van der Waals surface area (Å²) in [4.78, 5) is 12.0. The van der Waals surface area contributed by atoms with Gasteiger partial charge in [0.1, 0.15) is 18.2 Å². The van der Waals surface area contributed by atoms with Gasteiger partial charge in [0, 0.05) is 12.7 Å². The van der Waals surface area contributed by atoms with E-state index >= 15 is 0 Å². The van der Waals surface area contributed by atoms with Gasteiger partial charge in [0.2, 0.25) is 5.91 Å². The summed E-state index contributed by atoms with van der Waals surface area (Å²) in [5, 5.41) is 11.0. The van der Waals surface area contributed by atoms with E-state index in [1.807, 2.05) is 0 Å². The van der Waals surface area contributed by atoms with Crippen molar-refractivity contribution in [1.82, 2.24) is 14.8 Å². The van der Waals surface area contributed by atoms with E-state index < -0.39 is 17.6 Å². The molecule has 11 heteroatoms. The third-order valence-corrected chi connectivity index (χ3v) is 4.93. The number of amides is 1. The number of carbonyl (C=O) groups excluding carboxylic acids is 1. The minimum absolute atomic E-state index is 0.0395. The first-order chi connectivity index (χ1) is 14.2. The molecule has 0 aliphatic carbocycles. The van der Waals surface area contributed by atoms with Crippen LogP contribution >= 0.6 is 11.8 Å². The van der Waals surface area contributed by atoms with Gasteiger partial charge in [-0.3, -0.25) is 4.79 Å². The van der Waals surface area contributed by atoms with Crippen LogP contribution in [0, 0.1) is 5.82 Å². The normalized spacial score (nSPS) is 11.4. The number of thioether (sulfide) groups is 1. The Hall–Kier alpha value is -3.08. The molecule has 6 nitrogen and oxygen atoms in total. The molecule has 0 aliphatic heterocycles. The van der Waals surface area contributed by atoms with E-state index in [2.05, 4.69) is 15.5 Å². The van der Waals surface area contributed by atoms with E-state index in [0.29, 0.717) is 16.7 Å². The van der Waals surface area contributed by atoms with Crippen LogP contribution in [0.25, 0.3) is 0 Å². The molecular weight excluding hydrogens is 424 g/mol. The molecule has 0 bridgehead atoms. The van der Waals surface area contributed by atoms with Crippen molar-refractivity contribution in [3.63, 3.8) is 0 Å². The van der Waals surface area contributed by atoms with Crippen molar-refractivity contribution in [2.24, 2.45) is 7.05 Å². The summed E-state index contributed by atoms with van der Waals surface area (Å²) < 4.78 is 58.2. The lowest BCUT2D eigenvalue weighted by Crippen LogP contribution is -2.14. The van der Waals surface area contributed by atoms with Crippen molar-refractivity contribution in [3.8, 4) is 5.75 Å². The number of aromatic nitrogens is 3. The SMILES string of the molecule is Cn1c(COc2cccc(C(F)(F)F)c2)nnc1SCC(=O)Nc1ccc(F)cc1. The number of nitrogens with one attached hydrogen (secondary N) is 1. The highest BCUT2D eigenvalue weighted by molar-refractivity contribution is 7.99. The molecule has 3 aromatic rings. The number of nitrogens with zero attached hydrogens (tertiary/aromatic N) is 3. The maximum atomic E-state index is 12.9. The summed E-state index contributed by atoms with van der Waals surface area (Å²) in [6.45, 7) is -0.0901. The summed E-state index contributed by atoms with van der Waals surface area (Å²) in [6, 6.07) is 9.92. The van der Waals surface area contributed by atoms with Crippen molar-refractivity contribution in [2.45, 2.75) is 17.9 Å². The number of rotatable bonds is 7. The van der Waals surface area contributed by atoms with Gasteiger partial charge >= 0.3 is 6.18 Å². The number of halogens is 4. The predicted molar refractivity (Wildman–Crippen MR) is 103 cm³/mol. The maximum Gasteiger partial charge on any atom is 0.416 e. The fourth-order valence-electron chi connectivity index (χ4n) is 2.37. The Balaban J connectivity index is 1.54. The van der Waals surface area contributed by atoms with Crippen LogP contribution in [0.15, 0.2) is 53.7 Å². The lowest BCUT2D eigenvalue weighted by atomic mass is 10.2. The van der Waals surface area contributed by atoms with Crippen LogP contribution in [-0.4, -0.2) is 26.4 Å². The first-order valence-corrected chi connectivity index (χ1v) is 9.57. The molecule has 1 heterocycles. The second kappa shape index (κ2) is 9.16. The van der Waals surface area contributed by atoms with E-state index in [1.54, 1.807) is 11.6 Å². The van der Waals surface area contributed by atoms with Gasteiger partial charge in [-0.2, -0.15) is 13.2 Å². The average Bonchev–Trinajstić information content (AvgIpc) is 3.06. The lowest BCUT2D eigenvalue weighted by molar-refractivity contribution is -0.137. The Morgan fingerprint density at radius 2 is 1.90 bits per heavy atom. The molecule has 0 atom stereocenters. The van der Waals surface area contributed by atoms with Crippen LogP contribution < -0.4 is 10.1 Å². The molecule has 0 saturated carbocycles. The number of anilines is 1. The zero-order valence-corrected chi connectivity index (χ0v) is 16.4. The average molecular weight is 440 g/mol. The predicted octanol–water partition coefficient (Wildman–Crippen LogP) is 4.28. The number of benzene rings is 2. The van der Waals surface area contributed by atoms with Crippen molar-refractivity contribution >= 4 is 23.4 Å². The van der Waals surface area contributed by atoms with Gasteiger partial charge in [-0.15, -0.1) is 10.2 Å². The molecule has 0 radical (unpaired) electrons. The first-order valence-electron chi connectivity index (χ1n) is 8.59. The van der Waals surface area contributed by atoms with Gasteiger partial charge < -0.3 is 14.6 Å². The van der Waals surface area contributed by atoms with Crippen LogP contribution in [0.4, 0.5) is 23.2 Å². The Morgan fingerprint density at radius 3 is 2.60 bits per heavy atom. The fourth-order valence-corrected chi connectivity index (χ4v) is 3.10. The Bertz CT molecular complexity index is 1020. The van der Waals surface area contributed by atoms with Gasteiger partial charge in [0.15, 0.2) is 11.0 Å². The van der Waals surface area contributed by atoms with Crippen molar-refractivity contribution in [2.75, 3.05) is 11.1 Å². The smallest absolute Gasteiger partial charge is 0.416 e. The molecule has 158 valence electrons. The third-order valence-electron chi connectivity index (χ3n) is 3.91. The van der Waals surface area contributed by atoms with E-state index in [4.69, 9.17) is 4.74 Å². The van der Waals surface area contributed by atoms with Crippen LogP contribution in [-0.2, 0) is 24.6 Å². The first kappa shape index (κ1) is 21.6. The summed E-state index contributed by atoms with van der Waals surface area (Å²) in [6.07, 6.45) is -4.46. The monoisotopic (exact) mass is 440 g/mol. The molecule has 0 fully saturated rings. The van der Waals surface area contributed by atoms with Gasteiger partial charge in [0.05, 0.1) is 11.3 Å². The van der Waals surface area contributed by atoms with Crippen molar-refractivity contribution < 1.29 is 27.1 Å². The molecule has 0 unspecified atom stereocenters. The molecule has 0 saturated heterocycles. The molecule has 2 aromatic carbocycles. The van der Waals surface area contributed by atoms with Gasteiger partial charge in [-0.1, -0.05) is 17.8 Å². The van der Waals surface area contributed by atoms with Crippen LogP contribution in [0.2, 0.25) is 0 Å². The Labute approximate surface area is 173 Å². The molecule has 1 N–H and O–H groups in total. The maximum absolute atomic E-state index is 12.9. The molecular formula is C19H16F4N4O2S. The highest BCUT2D eigenvalue weighted by Gasteiger charge is 2.30. The van der Waals surface area contributed by atoms with Crippen molar-refractivity contribution in [3.05, 3.63) is 65.7 Å². The third kappa shape index (κ3) is 5.72. The van der Waals surface area contributed by atoms with E-state index in [0.717, 1.165) is 23.9 Å². The topological polar surface area (TPSA) is 69.0 Å². The number of hydrogen-bond acceptors (Lipinski definition) is 5. The molecule has 1 amide bonds. The zero-order chi connectivity index (χ0) is 21.7. The molecule has 0 aliphatic rings. The van der Waals surface area contributed by atoms with Gasteiger partial charge in [-0.25, -0.2) is 4.39 Å². The minimum atomic E-state index is -4.46. The highest BCUT2D eigenvalue weighted by Crippen LogP contribution is 2.31. The summed E-state index contributed by atoms with van der Waals surface area (Å²) >= 11 is 1.12. The summed E-state index contributed by atoms with van der Waals surface area (Å²) in [7, 11) is 1.66. The lowest BCUT2D eigenvalue weighted by Gasteiger charge is -2.10. The second-order valence-corrected chi connectivity index (χ2v) is 7.06. The number of hydrogen-bond donors (Lipinski definition) is 1. The summed E-state index contributed by atoms with van der Waals surface area (Å²) in [5.74, 6) is -0.232. The van der Waals surface area contributed by atoms with Crippen LogP contribution in [0.1, 0.15) is 11.4 Å². The number of carbonyl (C=O) groups is 1. The Kier molecular flexibility index (Phi) is 6.60. The van der Waals surface area contributed by atoms with E-state index in [1.165, 1.54) is 36.4 Å². The second-order valence-electron chi connectivity index (χ2n) is 6.12. The highest BCUT2D eigenvalue weighted by atomic mass is 32.2. The van der Waals surface area contributed by atoms with Gasteiger partial charge in [-0.05, 0) is 42.5 Å².